The zero-order chi connectivity index (χ0) is 19.6. The second-order valence-electron chi connectivity index (χ2n) is 5.75. The van der Waals surface area contributed by atoms with E-state index in [4.69, 9.17) is 4.84 Å². The Morgan fingerprint density at radius 1 is 1.39 bits per heavy atom. The molecule has 0 aromatic heterocycles. The molecule has 2 aliphatic rings. The van der Waals surface area contributed by atoms with Crippen molar-refractivity contribution in [3.05, 3.63) is 47.2 Å². The largest absolute Gasteiger partial charge is 1.00 e. The number of β-lactam (4-membered cyclic amide) rings is 1. The molecule has 142 valence electrons. The normalized spacial score (nSPS) is 21.3. The number of carbonyl (C=O) groups is 3. The Hall–Kier alpha value is -1.85. The first kappa shape index (κ1) is 22.4. The average molecular weight is 413 g/mol. The van der Waals surface area contributed by atoms with Crippen LogP contribution in [0.25, 0.3) is 0 Å². The maximum absolute atomic E-state index is 12.6. The fourth-order valence-electron chi connectivity index (χ4n) is 2.92. The van der Waals surface area contributed by atoms with Gasteiger partial charge in [0.1, 0.15) is 18.5 Å². The van der Waals surface area contributed by atoms with Crippen LogP contribution in [0.4, 0.5) is 0 Å². The molecule has 2 amide bonds. The molecule has 28 heavy (non-hydrogen) atoms. The van der Waals surface area contributed by atoms with Crippen molar-refractivity contribution < 1.29 is 59.0 Å². The van der Waals surface area contributed by atoms with Gasteiger partial charge < -0.3 is 25.2 Å². The van der Waals surface area contributed by atoms with E-state index in [9.17, 15) is 24.6 Å². The summed E-state index contributed by atoms with van der Waals surface area (Å²) in [7, 11) is 1.30. The van der Waals surface area contributed by atoms with Crippen LogP contribution >= 0.6 is 11.8 Å². The third kappa shape index (κ3) is 4.11. The summed E-state index contributed by atoms with van der Waals surface area (Å²) in [6.07, 6.45) is 0. The van der Waals surface area contributed by atoms with Crippen LogP contribution in [0.3, 0.4) is 0 Å². The molecule has 11 heteroatoms. The van der Waals surface area contributed by atoms with E-state index in [2.05, 4.69) is 10.5 Å². The summed E-state index contributed by atoms with van der Waals surface area (Å²) in [6.45, 7) is -0.484. The van der Waals surface area contributed by atoms with E-state index >= 15 is 0 Å². The van der Waals surface area contributed by atoms with Crippen molar-refractivity contribution in [2.24, 2.45) is 5.16 Å². The first-order valence-electron chi connectivity index (χ1n) is 7.96. The number of aliphatic hydroxyl groups is 1. The van der Waals surface area contributed by atoms with Crippen molar-refractivity contribution in [2.45, 2.75) is 11.4 Å². The van der Waals surface area contributed by atoms with Gasteiger partial charge in [-0.1, -0.05) is 35.5 Å². The van der Waals surface area contributed by atoms with E-state index < -0.39 is 35.8 Å². The number of hydrogen-bond donors (Lipinski definition) is 2. The molecular weight excluding hydrogens is 397 g/mol. The molecule has 9 nitrogen and oxygen atoms in total. The number of hydrogen-bond acceptors (Lipinski definition) is 8. The molecule has 0 bridgehead atoms. The Balaban J connectivity index is 0.00000280. The molecule has 0 unspecified atom stereocenters. The predicted molar refractivity (Wildman–Crippen MR) is 94.1 cm³/mol. The molecule has 1 saturated heterocycles. The third-order valence-corrected chi connectivity index (χ3v) is 5.50. The number of nitrogens with one attached hydrogen (secondary N) is 1. The summed E-state index contributed by atoms with van der Waals surface area (Å²) in [4.78, 5) is 42.2. The van der Waals surface area contributed by atoms with E-state index in [-0.39, 0.29) is 52.3 Å². The quantitative estimate of drug-likeness (QED) is 0.208. The van der Waals surface area contributed by atoms with Crippen molar-refractivity contribution in [3.63, 3.8) is 0 Å². The molecule has 2 N–H and O–H groups in total. The summed E-state index contributed by atoms with van der Waals surface area (Å²) < 4.78 is 0. The predicted octanol–water partition coefficient (Wildman–Crippen LogP) is -4.56. The number of amides is 2. The van der Waals surface area contributed by atoms with Crippen molar-refractivity contribution in [1.29, 1.82) is 0 Å². The smallest absolute Gasteiger partial charge is 0.543 e. The fourth-order valence-corrected chi connectivity index (χ4v) is 4.25. The van der Waals surface area contributed by atoms with Crippen LogP contribution in [0.2, 0.25) is 0 Å². The topological polar surface area (TPSA) is 131 Å². The molecule has 2 aliphatic heterocycles. The Morgan fingerprint density at radius 3 is 2.64 bits per heavy atom. The fraction of sp³-hybridized carbons (Fsp3) is 0.294. The number of carboxylic acids is 1. The summed E-state index contributed by atoms with van der Waals surface area (Å²) in [6, 6.07) is 7.67. The first-order chi connectivity index (χ1) is 13.0. The molecule has 2 atom stereocenters. The van der Waals surface area contributed by atoms with Gasteiger partial charge >= 0.3 is 29.6 Å². The van der Waals surface area contributed by atoms with Crippen LogP contribution in [0.1, 0.15) is 5.56 Å². The monoisotopic (exact) mass is 413 g/mol. The number of aliphatic hydroxyl groups excluding tert-OH is 1. The van der Waals surface area contributed by atoms with Gasteiger partial charge in [0.05, 0.1) is 18.3 Å². The number of thioether (sulfide) groups is 1. The van der Waals surface area contributed by atoms with E-state index in [0.717, 1.165) is 4.90 Å². The van der Waals surface area contributed by atoms with Crippen LogP contribution in [-0.4, -0.2) is 64.4 Å². The van der Waals surface area contributed by atoms with Crippen molar-refractivity contribution in [2.75, 3.05) is 19.5 Å². The van der Waals surface area contributed by atoms with Gasteiger partial charge in [-0.15, -0.1) is 11.8 Å². The molecule has 0 radical (unpaired) electrons. The molecule has 2 heterocycles. The maximum atomic E-state index is 12.6. The van der Waals surface area contributed by atoms with Gasteiger partial charge in [0.25, 0.3) is 11.8 Å². The Bertz CT molecular complexity index is 845. The SMILES string of the molecule is CON=C(C(=O)N[C@@H]1C(=O)N2C(C(=O)[O-])=C(CO)CS[C@H]12)c1ccccc1.[Na+]. The molecule has 0 aliphatic carbocycles. The molecule has 1 aromatic rings. The third-order valence-electron chi connectivity index (χ3n) is 4.16. The first-order valence-corrected chi connectivity index (χ1v) is 9.00. The van der Waals surface area contributed by atoms with Crippen molar-refractivity contribution >= 4 is 35.3 Å². The second-order valence-corrected chi connectivity index (χ2v) is 6.85. The minimum atomic E-state index is -1.53. The minimum absolute atomic E-state index is 0. The van der Waals surface area contributed by atoms with Crippen molar-refractivity contribution in [1.82, 2.24) is 10.2 Å². The van der Waals surface area contributed by atoms with Gasteiger partial charge in [-0.3, -0.25) is 14.5 Å². The number of nitrogens with zero attached hydrogens (tertiary/aromatic N) is 2. The number of rotatable bonds is 6. The van der Waals surface area contributed by atoms with Gasteiger partial charge in [-0.25, -0.2) is 0 Å². The number of fused-ring (bicyclic) bond motifs is 1. The van der Waals surface area contributed by atoms with Gasteiger partial charge in [0.15, 0.2) is 5.71 Å². The number of benzene rings is 1. The molecule has 1 aromatic carbocycles. The summed E-state index contributed by atoms with van der Waals surface area (Å²) in [5.74, 6) is -2.52. The average Bonchev–Trinajstić information content (AvgIpc) is 2.69. The molecule has 3 rings (SSSR count). The molecule has 0 saturated carbocycles. The molecular formula is C17H16N3NaO6S. The zero-order valence-corrected chi connectivity index (χ0v) is 18.1. The minimum Gasteiger partial charge on any atom is -0.543 e. The van der Waals surface area contributed by atoms with Crippen LogP contribution in [0.5, 0.6) is 0 Å². The van der Waals surface area contributed by atoms with E-state index in [1.165, 1.54) is 18.9 Å². The van der Waals surface area contributed by atoms with Crippen LogP contribution < -0.4 is 40.0 Å². The molecule has 1 fully saturated rings. The van der Waals surface area contributed by atoms with Crippen molar-refractivity contribution in [3.8, 4) is 0 Å². The van der Waals surface area contributed by atoms with E-state index in [1.54, 1.807) is 30.3 Å². The number of aliphatic carboxylic acids is 1. The number of carbonyl (C=O) groups excluding carboxylic acids is 3. The standard InChI is InChI=1S/C17H17N3O6S.Na/c1-26-19-11(9-5-3-2-4-6-9)14(22)18-12-15(23)20-13(17(24)25)10(7-21)8-27-16(12)20;/h2-6,12,16,21H,7-8H2,1H3,(H,18,22)(H,24,25);/q;+1/p-1/t12-,16-;/m1./s1. The van der Waals surface area contributed by atoms with Gasteiger partial charge in [0.2, 0.25) is 0 Å². The number of carboxylic acid groups (broad SMARTS) is 1. The van der Waals surface area contributed by atoms with Crippen LogP contribution in [0.15, 0.2) is 46.8 Å². The summed E-state index contributed by atoms with van der Waals surface area (Å²) >= 11 is 1.25. The second kappa shape index (κ2) is 9.57. The summed E-state index contributed by atoms with van der Waals surface area (Å²) in [5, 5.41) is 26.4. The zero-order valence-electron chi connectivity index (χ0n) is 15.2. The van der Waals surface area contributed by atoms with E-state index in [0.29, 0.717) is 5.56 Å². The number of oxime groups is 1. The maximum Gasteiger partial charge on any atom is 1.00 e. The summed E-state index contributed by atoms with van der Waals surface area (Å²) in [5.41, 5.74) is 0.387. The van der Waals surface area contributed by atoms with Crippen LogP contribution in [-0.2, 0) is 19.2 Å². The van der Waals surface area contributed by atoms with Gasteiger partial charge in [0, 0.05) is 11.3 Å². The van der Waals surface area contributed by atoms with E-state index in [1.807, 2.05) is 0 Å². The van der Waals surface area contributed by atoms with Crippen LogP contribution in [0, 0.1) is 0 Å². The Kier molecular flexibility index (Phi) is 7.67. The van der Waals surface area contributed by atoms with Gasteiger partial charge in [-0.05, 0) is 5.57 Å². The molecule has 0 spiro atoms. The Morgan fingerprint density at radius 2 is 2.07 bits per heavy atom. The Labute approximate surface area is 187 Å². The van der Waals surface area contributed by atoms with Gasteiger partial charge in [-0.2, -0.15) is 0 Å².